The number of halogens is 3. The molecule has 6 nitrogen and oxygen atoms in total. The van der Waals surface area contributed by atoms with Gasteiger partial charge in [0.1, 0.15) is 10.6 Å². The molecule has 144 valence electrons. The number of aromatic carboxylic acids is 1. The van der Waals surface area contributed by atoms with Crippen LogP contribution in [0.3, 0.4) is 0 Å². The Morgan fingerprint density at radius 3 is 2.25 bits per heavy atom. The molecule has 2 aromatic heterocycles. The summed E-state index contributed by atoms with van der Waals surface area (Å²) in [4.78, 5) is 30.2. The SMILES string of the molecule is Cc1ccc(-c2csc(NC(=O)c3cnc(C(F)(F)F)nc3)c2C(=O)O)cc1. The van der Waals surface area contributed by atoms with E-state index in [9.17, 15) is 27.9 Å². The summed E-state index contributed by atoms with van der Waals surface area (Å²) in [5.41, 5.74) is 1.77. The van der Waals surface area contributed by atoms with E-state index in [2.05, 4.69) is 15.3 Å². The molecule has 1 aromatic carbocycles. The number of benzene rings is 1. The summed E-state index contributed by atoms with van der Waals surface area (Å²) in [5, 5.41) is 13.6. The van der Waals surface area contributed by atoms with Crippen LogP contribution in [0.4, 0.5) is 18.2 Å². The highest BCUT2D eigenvalue weighted by Crippen LogP contribution is 2.36. The minimum atomic E-state index is -4.72. The molecule has 0 saturated heterocycles. The predicted molar refractivity (Wildman–Crippen MR) is 96.4 cm³/mol. The number of aryl methyl sites for hydroxylation is 1. The predicted octanol–water partition coefficient (Wildman–Crippen LogP) is 4.48. The third-order valence-electron chi connectivity index (χ3n) is 3.76. The highest BCUT2D eigenvalue weighted by atomic mass is 32.1. The minimum absolute atomic E-state index is 0.0629. The summed E-state index contributed by atoms with van der Waals surface area (Å²) in [6, 6.07) is 7.19. The molecule has 3 rings (SSSR count). The van der Waals surface area contributed by atoms with Crippen molar-refractivity contribution in [3.63, 3.8) is 0 Å². The summed E-state index contributed by atoms with van der Waals surface area (Å²) in [5.74, 6) is -3.42. The van der Waals surface area contributed by atoms with Crippen LogP contribution < -0.4 is 5.32 Å². The lowest BCUT2D eigenvalue weighted by Gasteiger charge is -2.07. The maximum atomic E-state index is 12.5. The monoisotopic (exact) mass is 407 g/mol. The van der Waals surface area contributed by atoms with Gasteiger partial charge in [-0.15, -0.1) is 11.3 Å². The van der Waals surface area contributed by atoms with Crippen molar-refractivity contribution < 1.29 is 27.9 Å². The van der Waals surface area contributed by atoms with Crippen LogP contribution in [0.2, 0.25) is 0 Å². The Morgan fingerprint density at radius 1 is 1.11 bits per heavy atom. The van der Waals surface area contributed by atoms with Crippen molar-refractivity contribution in [1.29, 1.82) is 0 Å². The van der Waals surface area contributed by atoms with Gasteiger partial charge >= 0.3 is 12.1 Å². The summed E-state index contributed by atoms with van der Waals surface area (Å²) in [7, 11) is 0. The number of nitrogens with zero attached hydrogens (tertiary/aromatic N) is 2. The number of rotatable bonds is 4. The van der Waals surface area contributed by atoms with Crippen LogP contribution in [0.5, 0.6) is 0 Å². The molecule has 0 aliphatic heterocycles. The molecular weight excluding hydrogens is 395 g/mol. The van der Waals surface area contributed by atoms with Crippen LogP contribution >= 0.6 is 11.3 Å². The van der Waals surface area contributed by atoms with Crippen LogP contribution in [-0.2, 0) is 6.18 Å². The van der Waals surface area contributed by atoms with Gasteiger partial charge in [-0.05, 0) is 12.5 Å². The first-order valence-electron chi connectivity index (χ1n) is 7.79. The average molecular weight is 407 g/mol. The second-order valence-electron chi connectivity index (χ2n) is 5.77. The molecule has 2 N–H and O–H groups in total. The molecule has 3 aromatic rings. The van der Waals surface area contributed by atoms with E-state index in [1.807, 2.05) is 19.1 Å². The minimum Gasteiger partial charge on any atom is -0.478 e. The summed E-state index contributed by atoms with van der Waals surface area (Å²) < 4.78 is 37.5. The zero-order chi connectivity index (χ0) is 20.5. The van der Waals surface area contributed by atoms with Gasteiger partial charge in [0, 0.05) is 23.3 Å². The maximum Gasteiger partial charge on any atom is 0.451 e. The van der Waals surface area contributed by atoms with Gasteiger partial charge < -0.3 is 10.4 Å². The molecule has 0 aliphatic carbocycles. The molecule has 0 radical (unpaired) electrons. The number of anilines is 1. The molecule has 0 spiro atoms. The van der Waals surface area contributed by atoms with Crippen LogP contribution in [0, 0.1) is 6.92 Å². The van der Waals surface area contributed by atoms with Gasteiger partial charge in [0.25, 0.3) is 5.91 Å². The second-order valence-corrected chi connectivity index (χ2v) is 6.65. The van der Waals surface area contributed by atoms with Gasteiger partial charge in [-0.25, -0.2) is 14.8 Å². The molecule has 2 heterocycles. The normalized spacial score (nSPS) is 11.3. The van der Waals surface area contributed by atoms with Gasteiger partial charge in [-0.2, -0.15) is 13.2 Å². The van der Waals surface area contributed by atoms with E-state index < -0.39 is 23.9 Å². The highest BCUT2D eigenvalue weighted by molar-refractivity contribution is 7.15. The fourth-order valence-corrected chi connectivity index (χ4v) is 3.33. The number of thiophene rings is 1. The number of hydrogen-bond donors (Lipinski definition) is 2. The van der Waals surface area contributed by atoms with Crippen molar-refractivity contribution in [1.82, 2.24) is 9.97 Å². The summed E-state index contributed by atoms with van der Waals surface area (Å²) >= 11 is 1.00. The number of amides is 1. The Hall–Kier alpha value is -3.27. The third-order valence-corrected chi connectivity index (χ3v) is 4.66. The number of carboxylic acid groups (broad SMARTS) is 1. The number of alkyl halides is 3. The van der Waals surface area contributed by atoms with E-state index in [1.54, 1.807) is 17.5 Å². The van der Waals surface area contributed by atoms with Crippen LogP contribution in [-0.4, -0.2) is 27.0 Å². The van der Waals surface area contributed by atoms with Crippen molar-refractivity contribution in [3.05, 3.63) is 64.6 Å². The molecule has 0 bridgehead atoms. The topological polar surface area (TPSA) is 92.2 Å². The Morgan fingerprint density at radius 2 is 1.71 bits per heavy atom. The first-order chi connectivity index (χ1) is 13.2. The zero-order valence-electron chi connectivity index (χ0n) is 14.2. The smallest absolute Gasteiger partial charge is 0.451 e. The number of aromatic nitrogens is 2. The molecule has 0 atom stereocenters. The quantitative estimate of drug-likeness (QED) is 0.665. The highest BCUT2D eigenvalue weighted by Gasteiger charge is 2.34. The second kappa shape index (κ2) is 7.39. The Labute approximate surface area is 160 Å². The van der Waals surface area contributed by atoms with E-state index in [0.29, 0.717) is 11.1 Å². The number of carboxylic acids is 1. The zero-order valence-corrected chi connectivity index (χ0v) is 15.1. The largest absolute Gasteiger partial charge is 0.478 e. The molecule has 0 unspecified atom stereocenters. The van der Waals surface area contributed by atoms with E-state index in [-0.39, 0.29) is 16.1 Å². The molecule has 0 fully saturated rings. The Bertz CT molecular complexity index is 1030. The van der Waals surface area contributed by atoms with Gasteiger partial charge in [0.15, 0.2) is 0 Å². The van der Waals surface area contributed by atoms with E-state index in [0.717, 1.165) is 29.3 Å². The lowest BCUT2D eigenvalue weighted by molar-refractivity contribution is -0.145. The lowest BCUT2D eigenvalue weighted by Crippen LogP contribution is -2.16. The number of nitrogens with one attached hydrogen (secondary N) is 1. The first-order valence-corrected chi connectivity index (χ1v) is 8.67. The number of hydrogen-bond acceptors (Lipinski definition) is 5. The fourth-order valence-electron chi connectivity index (χ4n) is 2.37. The van der Waals surface area contributed by atoms with Crippen LogP contribution in [0.25, 0.3) is 11.1 Å². The van der Waals surface area contributed by atoms with E-state index in [4.69, 9.17) is 0 Å². The Balaban J connectivity index is 1.89. The molecule has 0 saturated carbocycles. The summed E-state index contributed by atoms with van der Waals surface area (Å²) in [6.07, 6.45) is -3.25. The maximum absolute atomic E-state index is 12.5. The van der Waals surface area contributed by atoms with Gasteiger partial charge in [0.2, 0.25) is 5.82 Å². The van der Waals surface area contributed by atoms with E-state index >= 15 is 0 Å². The molecule has 10 heteroatoms. The van der Waals surface area contributed by atoms with Gasteiger partial charge in [-0.1, -0.05) is 29.8 Å². The van der Waals surface area contributed by atoms with Crippen molar-refractivity contribution >= 4 is 28.2 Å². The first kappa shape index (κ1) is 19.5. The van der Waals surface area contributed by atoms with Crippen LogP contribution in [0.15, 0.2) is 42.0 Å². The number of carbonyl (C=O) groups excluding carboxylic acids is 1. The summed E-state index contributed by atoms with van der Waals surface area (Å²) in [6.45, 7) is 1.90. The lowest BCUT2D eigenvalue weighted by atomic mass is 10.0. The van der Waals surface area contributed by atoms with Crippen molar-refractivity contribution in [2.75, 3.05) is 5.32 Å². The van der Waals surface area contributed by atoms with Crippen LogP contribution in [0.1, 0.15) is 32.1 Å². The van der Waals surface area contributed by atoms with E-state index in [1.165, 1.54) is 0 Å². The molecular formula is C18H12F3N3O3S. The standard InChI is InChI=1S/C18H12F3N3O3S/c1-9-2-4-10(5-3-9)12-8-28-15(13(12)16(26)27)24-14(25)11-6-22-17(23-7-11)18(19,20)21/h2-8H,1H3,(H,24,25)(H,26,27). The fraction of sp³-hybridized carbons (Fsp3) is 0.111. The molecule has 0 aliphatic rings. The van der Waals surface area contributed by atoms with Crippen molar-refractivity contribution in [2.24, 2.45) is 0 Å². The average Bonchev–Trinajstić information content (AvgIpc) is 3.05. The number of carbonyl (C=O) groups is 2. The van der Waals surface area contributed by atoms with Gasteiger partial charge in [-0.3, -0.25) is 4.79 Å². The Kier molecular flexibility index (Phi) is 5.14. The van der Waals surface area contributed by atoms with Crippen molar-refractivity contribution in [2.45, 2.75) is 13.1 Å². The molecule has 28 heavy (non-hydrogen) atoms. The third kappa shape index (κ3) is 4.01. The molecule has 1 amide bonds. The van der Waals surface area contributed by atoms with Crippen molar-refractivity contribution in [3.8, 4) is 11.1 Å². The van der Waals surface area contributed by atoms with Gasteiger partial charge in [0.05, 0.1) is 5.56 Å².